The van der Waals surface area contributed by atoms with Gasteiger partial charge in [-0.15, -0.1) is 0 Å². The number of fused-ring (bicyclic) bond motifs is 2. The Morgan fingerprint density at radius 1 is 1.35 bits per heavy atom. The van der Waals surface area contributed by atoms with Crippen molar-refractivity contribution in [3.63, 3.8) is 0 Å². The lowest BCUT2D eigenvalue weighted by molar-refractivity contribution is 0.0896. The van der Waals surface area contributed by atoms with Crippen molar-refractivity contribution in [2.45, 2.75) is 37.0 Å². The maximum atomic E-state index is 9.90. The Kier molecular flexibility index (Phi) is 3.59. The second-order valence-corrected chi connectivity index (χ2v) is 6.68. The van der Waals surface area contributed by atoms with E-state index in [1.54, 1.807) is 7.11 Å². The molecule has 0 radical (unpaired) electrons. The molecule has 2 aliphatic heterocycles. The average molecular weight is 317 g/mol. The average Bonchev–Trinajstić information content (AvgIpc) is 3.18. The normalized spacial score (nSPS) is 32.3. The molecule has 1 aromatic carbocycles. The molecule has 5 nitrogen and oxygen atoms in total. The molecule has 1 aliphatic carbocycles. The SMILES string of the molecule is CO[C@@H]1C=C[C@@]2(c3cc4c(cc3CO)OCO4)CCN(C)[C@H]2C1. The fourth-order valence-corrected chi connectivity index (χ4v) is 4.37. The van der Waals surface area contributed by atoms with Crippen molar-refractivity contribution in [2.75, 3.05) is 27.5 Å². The molecule has 124 valence electrons. The van der Waals surface area contributed by atoms with Crippen LogP contribution < -0.4 is 9.47 Å². The Morgan fingerprint density at radius 3 is 2.87 bits per heavy atom. The van der Waals surface area contributed by atoms with Gasteiger partial charge >= 0.3 is 0 Å². The third-order valence-corrected chi connectivity index (χ3v) is 5.64. The Bertz CT molecular complexity index is 644. The summed E-state index contributed by atoms with van der Waals surface area (Å²) >= 11 is 0. The molecule has 1 saturated heterocycles. The van der Waals surface area contributed by atoms with Crippen LogP contribution in [-0.4, -0.2) is 49.6 Å². The van der Waals surface area contributed by atoms with Gasteiger partial charge in [-0.05, 0) is 49.7 Å². The molecule has 1 aromatic rings. The van der Waals surface area contributed by atoms with Gasteiger partial charge in [0.2, 0.25) is 6.79 Å². The number of rotatable bonds is 3. The number of methoxy groups -OCH3 is 1. The first-order chi connectivity index (χ1) is 11.2. The minimum atomic E-state index is -0.0944. The van der Waals surface area contributed by atoms with E-state index < -0.39 is 0 Å². The van der Waals surface area contributed by atoms with E-state index in [0.29, 0.717) is 6.04 Å². The lowest BCUT2D eigenvalue weighted by Crippen LogP contribution is -2.45. The highest BCUT2D eigenvalue weighted by molar-refractivity contribution is 5.54. The van der Waals surface area contributed by atoms with Crippen LogP contribution in [0.5, 0.6) is 11.5 Å². The number of nitrogens with zero attached hydrogens (tertiary/aromatic N) is 1. The third-order valence-electron chi connectivity index (χ3n) is 5.64. The summed E-state index contributed by atoms with van der Waals surface area (Å²) in [7, 11) is 3.93. The maximum Gasteiger partial charge on any atom is 0.231 e. The van der Waals surface area contributed by atoms with Crippen molar-refractivity contribution in [2.24, 2.45) is 0 Å². The third kappa shape index (κ3) is 2.18. The van der Waals surface area contributed by atoms with Crippen LogP contribution in [0.2, 0.25) is 0 Å². The Balaban J connectivity index is 1.85. The molecule has 0 bridgehead atoms. The van der Waals surface area contributed by atoms with Crippen molar-refractivity contribution in [3.8, 4) is 11.5 Å². The lowest BCUT2D eigenvalue weighted by atomic mass is 9.68. The number of aliphatic hydroxyl groups excluding tert-OH is 1. The van der Waals surface area contributed by atoms with E-state index >= 15 is 0 Å². The van der Waals surface area contributed by atoms with Crippen molar-refractivity contribution >= 4 is 0 Å². The molecule has 3 atom stereocenters. The molecule has 0 spiro atoms. The molecule has 3 aliphatic rings. The van der Waals surface area contributed by atoms with Crippen LogP contribution in [0.1, 0.15) is 24.0 Å². The molecule has 0 unspecified atom stereocenters. The molecular formula is C18H23NO4. The van der Waals surface area contributed by atoms with Crippen molar-refractivity contribution in [3.05, 3.63) is 35.4 Å². The molecule has 0 aromatic heterocycles. The van der Waals surface area contributed by atoms with Crippen LogP contribution in [0.15, 0.2) is 24.3 Å². The molecule has 0 saturated carbocycles. The van der Waals surface area contributed by atoms with E-state index in [-0.39, 0.29) is 24.9 Å². The van der Waals surface area contributed by atoms with E-state index in [9.17, 15) is 5.11 Å². The molecule has 5 heteroatoms. The van der Waals surface area contributed by atoms with Crippen LogP contribution in [0.25, 0.3) is 0 Å². The Morgan fingerprint density at radius 2 is 2.13 bits per heavy atom. The van der Waals surface area contributed by atoms with E-state index in [1.807, 2.05) is 6.07 Å². The Labute approximate surface area is 136 Å². The van der Waals surface area contributed by atoms with E-state index in [0.717, 1.165) is 42.0 Å². The summed E-state index contributed by atoms with van der Waals surface area (Å²) in [6.45, 7) is 1.29. The molecular weight excluding hydrogens is 294 g/mol. The number of likely N-dealkylation sites (N-methyl/N-ethyl adjacent to an activating group) is 1. The summed E-state index contributed by atoms with van der Waals surface area (Å²) in [5.74, 6) is 1.51. The van der Waals surface area contributed by atoms with Gasteiger partial charge in [0.05, 0.1) is 12.7 Å². The van der Waals surface area contributed by atoms with Crippen molar-refractivity contribution in [1.29, 1.82) is 0 Å². The van der Waals surface area contributed by atoms with Crippen LogP contribution in [0.4, 0.5) is 0 Å². The van der Waals surface area contributed by atoms with Gasteiger partial charge in [0.15, 0.2) is 11.5 Å². The predicted molar refractivity (Wildman–Crippen MR) is 85.8 cm³/mol. The smallest absolute Gasteiger partial charge is 0.231 e. The maximum absolute atomic E-state index is 9.90. The fraction of sp³-hybridized carbons (Fsp3) is 0.556. The van der Waals surface area contributed by atoms with Crippen molar-refractivity contribution < 1.29 is 19.3 Å². The fourth-order valence-electron chi connectivity index (χ4n) is 4.37. The minimum Gasteiger partial charge on any atom is -0.454 e. The summed E-state index contributed by atoms with van der Waals surface area (Å²) in [5, 5.41) is 9.90. The van der Waals surface area contributed by atoms with Crippen LogP contribution in [-0.2, 0) is 16.8 Å². The predicted octanol–water partition coefficient (Wildman–Crippen LogP) is 1.82. The number of benzene rings is 1. The van der Waals surface area contributed by atoms with Gasteiger partial charge < -0.3 is 24.2 Å². The highest BCUT2D eigenvalue weighted by Crippen LogP contribution is 2.49. The number of ether oxygens (including phenoxy) is 3. The van der Waals surface area contributed by atoms with Crippen LogP contribution in [0, 0.1) is 0 Å². The highest BCUT2D eigenvalue weighted by atomic mass is 16.7. The number of likely N-dealkylation sites (tertiary alicyclic amines) is 1. The van der Waals surface area contributed by atoms with Gasteiger partial charge in [0.1, 0.15) is 0 Å². The Hall–Kier alpha value is -1.56. The molecule has 2 heterocycles. The second-order valence-electron chi connectivity index (χ2n) is 6.68. The van der Waals surface area contributed by atoms with Crippen LogP contribution >= 0.6 is 0 Å². The summed E-state index contributed by atoms with van der Waals surface area (Å²) in [4.78, 5) is 2.40. The monoisotopic (exact) mass is 317 g/mol. The number of hydrogen-bond acceptors (Lipinski definition) is 5. The zero-order valence-electron chi connectivity index (χ0n) is 13.6. The first kappa shape index (κ1) is 15.0. The molecule has 23 heavy (non-hydrogen) atoms. The zero-order valence-corrected chi connectivity index (χ0v) is 13.6. The zero-order chi connectivity index (χ0) is 16.0. The minimum absolute atomic E-state index is 0.00566. The van der Waals surface area contributed by atoms with Gasteiger partial charge in [-0.1, -0.05) is 12.2 Å². The molecule has 0 amide bonds. The van der Waals surface area contributed by atoms with Crippen molar-refractivity contribution in [1.82, 2.24) is 4.90 Å². The highest BCUT2D eigenvalue weighted by Gasteiger charge is 2.49. The van der Waals surface area contributed by atoms with E-state index in [1.165, 1.54) is 0 Å². The molecule has 1 fully saturated rings. The first-order valence-electron chi connectivity index (χ1n) is 8.14. The molecule has 4 rings (SSSR count). The number of aliphatic hydroxyl groups is 1. The quantitative estimate of drug-likeness (QED) is 0.862. The lowest BCUT2D eigenvalue weighted by Gasteiger charge is -2.41. The summed E-state index contributed by atoms with van der Waals surface area (Å²) < 4.78 is 16.6. The van der Waals surface area contributed by atoms with E-state index in [2.05, 4.69) is 30.2 Å². The summed E-state index contributed by atoms with van der Waals surface area (Å²) in [6, 6.07) is 4.36. The standard InChI is InChI=1S/C18H23NO4/c1-19-6-5-18(4-3-13(21-2)8-17(18)19)14-9-16-15(22-11-23-16)7-12(14)10-20/h3-4,7,9,13,17,20H,5-6,8,10-11H2,1-2H3/t13-,17+,18+/m1/s1. The summed E-state index contributed by atoms with van der Waals surface area (Å²) in [5.41, 5.74) is 1.99. The van der Waals surface area contributed by atoms with Gasteiger partial charge in [0, 0.05) is 18.6 Å². The molecule has 1 N–H and O–H groups in total. The van der Waals surface area contributed by atoms with Gasteiger partial charge in [-0.3, -0.25) is 0 Å². The number of hydrogen-bond donors (Lipinski definition) is 1. The topological polar surface area (TPSA) is 51.2 Å². The summed E-state index contributed by atoms with van der Waals surface area (Å²) in [6.07, 6.45) is 6.60. The van der Waals surface area contributed by atoms with E-state index in [4.69, 9.17) is 14.2 Å². The second kappa shape index (κ2) is 5.51. The first-order valence-corrected chi connectivity index (χ1v) is 8.14. The largest absolute Gasteiger partial charge is 0.454 e. The van der Waals surface area contributed by atoms with Gasteiger partial charge in [-0.25, -0.2) is 0 Å². The van der Waals surface area contributed by atoms with Gasteiger partial charge in [-0.2, -0.15) is 0 Å². The van der Waals surface area contributed by atoms with Gasteiger partial charge in [0.25, 0.3) is 0 Å². The van der Waals surface area contributed by atoms with Crippen LogP contribution in [0.3, 0.4) is 0 Å².